The predicted molar refractivity (Wildman–Crippen MR) is 91.1 cm³/mol. The van der Waals surface area contributed by atoms with E-state index in [4.69, 9.17) is 5.11 Å². The lowest BCUT2D eigenvalue weighted by Crippen LogP contribution is -2.51. The van der Waals surface area contributed by atoms with Gasteiger partial charge in [-0.3, -0.25) is 4.72 Å². The van der Waals surface area contributed by atoms with E-state index in [0.717, 1.165) is 18.8 Å². The molecule has 0 spiro atoms. The van der Waals surface area contributed by atoms with Crippen LogP contribution in [0.15, 0.2) is 40.7 Å². The van der Waals surface area contributed by atoms with Crippen LogP contribution in [0.1, 0.15) is 0 Å². The number of carbonyl (C=O) groups is 1. The number of thiazole rings is 1. The van der Waals surface area contributed by atoms with Gasteiger partial charge in [0, 0.05) is 42.8 Å². The molecule has 1 saturated heterocycles. The molecule has 3 rings (SSSR count). The summed E-state index contributed by atoms with van der Waals surface area (Å²) in [6.45, 7) is 1.91. The minimum absolute atomic E-state index is 0.172. The van der Waals surface area contributed by atoms with Crippen molar-refractivity contribution in [2.45, 2.75) is 4.90 Å². The van der Waals surface area contributed by atoms with Crippen LogP contribution in [-0.2, 0) is 10.0 Å². The highest BCUT2D eigenvalue weighted by molar-refractivity contribution is 7.93. The maximum atomic E-state index is 12.2. The molecule has 0 saturated carbocycles. The summed E-state index contributed by atoms with van der Waals surface area (Å²) in [5.41, 5.74) is 0.912. The van der Waals surface area contributed by atoms with Crippen LogP contribution >= 0.6 is 11.3 Å². The Morgan fingerprint density at radius 1 is 1.33 bits per heavy atom. The van der Waals surface area contributed by atoms with Crippen LogP contribution in [0.2, 0.25) is 0 Å². The Balaban J connectivity index is 1.59. The average molecular weight is 368 g/mol. The third-order valence-corrected chi connectivity index (χ3v) is 5.84. The second kappa shape index (κ2) is 6.65. The fourth-order valence-electron chi connectivity index (χ4n) is 2.43. The van der Waals surface area contributed by atoms with Crippen LogP contribution in [0, 0.1) is 5.92 Å². The van der Waals surface area contributed by atoms with Gasteiger partial charge in [-0.15, -0.1) is 11.3 Å². The van der Waals surface area contributed by atoms with Crippen molar-refractivity contribution in [1.82, 2.24) is 10.3 Å². The number of amides is 1. The molecule has 0 radical (unpaired) electrons. The number of anilines is 2. The second-order valence-corrected chi connectivity index (χ2v) is 7.97. The first-order chi connectivity index (χ1) is 11.4. The summed E-state index contributed by atoms with van der Waals surface area (Å²) in [6, 6.07) is 6.59. The number of nitrogens with one attached hydrogen (secondary N) is 2. The maximum Gasteiger partial charge on any atom is 0.404 e. The van der Waals surface area contributed by atoms with Gasteiger partial charge in [0.1, 0.15) is 0 Å². The number of aromatic nitrogens is 1. The number of hydrogen-bond donors (Lipinski definition) is 3. The van der Waals surface area contributed by atoms with Gasteiger partial charge >= 0.3 is 6.09 Å². The van der Waals surface area contributed by atoms with Gasteiger partial charge in [0.15, 0.2) is 5.13 Å². The van der Waals surface area contributed by atoms with E-state index in [-0.39, 0.29) is 10.8 Å². The zero-order valence-electron chi connectivity index (χ0n) is 12.5. The molecule has 0 aliphatic carbocycles. The second-order valence-electron chi connectivity index (χ2n) is 5.39. The van der Waals surface area contributed by atoms with Crippen LogP contribution in [-0.4, -0.2) is 44.2 Å². The molecule has 2 heterocycles. The fourth-order valence-corrected chi connectivity index (χ4v) is 4.21. The summed E-state index contributed by atoms with van der Waals surface area (Å²) in [6.07, 6.45) is 0.515. The molecule has 1 aromatic heterocycles. The molecule has 2 aromatic rings. The van der Waals surface area contributed by atoms with Gasteiger partial charge in [0.2, 0.25) is 0 Å². The zero-order chi connectivity index (χ0) is 17.2. The minimum atomic E-state index is -3.64. The zero-order valence-corrected chi connectivity index (χ0v) is 14.2. The van der Waals surface area contributed by atoms with E-state index in [1.807, 2.05) is 0 Å². The normalized spacial score (nSPS) is 14.9. The Morgan fingerprint density at radius 2 is 2.04 bits per heavy atom. The van der Waals surface area contributed by atoms with Crippen molar-refractivity contribution in [1.29, 1.82) is 0 Å². The van der Waals surface area contributed by atoms with Crippen LogP contribution in [0.4, 0.5) is 15.6 Å². The first-order valence-electron chi connectivity index (χ1n) is 7.18. The standard InChI is InChI=1S/C14H16N4O4S2/c19-14(20)16-7-10-8-18(9-10)11-1-3-12(4-2-11)24(21,22)17-13-15-5-6-23-13/h1-6,10,16H,7-9H2,(H,15,17)(H,19,20). The molecule has 10 heteroatoms. The van der Waals surface area contributed by atoms with Crippen molar-refractivity contribution in [3.05, 3.63) is 35.8 Å². The van der Waals surface area contributed by atoms with Crippen LogP contribution in [0.3, 0.4) is 0 Å². The number of sulfonamides is 1. The van der Waals surface area contributed by atoms with Crippen molar-refractivity contribution in [2.75, 3.05) is 29.3 Å². The van der Waals surface area contributed by atoms with Gasteiger partial charge < -0.3 is 15.3 Å². The van der Waals surface area contributed by atoms with E-state index in [9.17, 15) is 13.2 Å². The maximum absolute atomic E-state index is 12.2. The Bertz CT molecular complexity index is 800. The van der Waals surface area contributed by atoms with Crippen molar-refractivity contribution < 1.29 is 18.3 Å². The van der Waals surface area contributed by atoms with E-state index in [1.165, 1.54) is 17.5 Å². The van der Waals surface area contributed by atoms with Crippen molar-refractivity contribution in [3.8, 4) is 0 Å². The minimum Gasteiger partial charge on any atom is -0.465 e. The van der Waals surface area contributed by atoms with E-state index in [2.05, 4.69) is 19.9 Å². The van der Waals surface area contributed by atoms with Gasteiger partial charge in [0.25, 0.3) is 10.0 Å². The van der Waals surface area contributed by atoms with E-state index >= 15 is 0 Å². The first-order valence-corrected chi connectivity index (χ1v) is 9.54. The van der Waals surface area contributed by atoms with E-state index in [0.29, 0.717) is 11.7 Å². The Kier molecular flexibility index (Phi) is 4.58. The SMILES string of the molecule is O=C(O)NCC1CN(c2ccc(S(=O)(=O)Nc3nccs3)cc2)C1. The summed E-state index contributed by atoms with van der Waals surface area (Å²) in [4.78, 5) is 16.6. The lowest BCUT2D eigenvalue weighted by Gasteiger charge is -2.41. The third kappa shape index (κ3) is 3.77. The van der Waals surface area contributed by atoms with Crippen LogP contribution < -0.4 is 14.9 Å². The number of benzene rings is 1. The summed E-state index contributed by atoms with van der Waals surface area (Å²) < 4.78 is 26.9. The lowest BCUT2D eigenvalue weighted by molar-refractivity contribution is 0.191. The average Bonchev–Trinajstić information content (AvgIpc) is 2.98. The molecule has 3 N–H and O–H groups in total. The fraction of sp³-hybridized carbons (Fsp3) is 0.286. The van der Waals surface area contributed by atoms with E-state index < -0.39 is 16.1 Å². The number of carboxylic acid groups (broad SMARTS) is 1. The molecule has 1 aliphatic rings. The number of hydrogen-bond acceptors (Lipinski definition) is 6. The molecule has 1 amide bonds. The predicted octanol–water partition coefficient (Wildman–Crippen LogP) is 1.65. The molecule has 1 fully saturated rings. The largest absolute Gasteiger partial charge is 0.465 e. The van der Waals surface area contributed by atoms with Crippen LogP contribution in [0.5, 0.6) is 0 Å². The molecule has 24 heavy (non-hydrogen) atoms. The molecule has 1 aromatic carbocycles. The first kappa shape index (κ1) is 16.5. The van der Waals surface area contributed by atoms with Crippen molar-refractivity contribution in [2.24, 2.45) is 5.92 Å². The molecular formula is C14H16N4O4S2. The number of rotatable bonds is 6. The van der Waals surface area contributed by atoms with Gasteiger partial charge in [-0.2, -0.15) is 0 Å². The highest BCUT2D eigenvalue weighted by Crippen LogP contribution is 2.26. The topological polar surface area (TPSA) is 112 Å². The highest BCUT2D eigenvalue weighted by atomic mass is 32.2. The molecule has 0 bridgehead atoms. The van der Waals surface area contributed by atoms with Crippen molar-refractivity contribution in [3.63, 3.8) is 0 Å². The molecule has 8 nitrogen and oxygen atoms in total. The van der Waals surface area contributed by atoms with Gasteiger partial charge in [-0.05, 0) is 24.3 Å². The van der Waals surface area contributed by atoms with Gasteiger partial charge in [-0.25, -0.2) is 18.2 Å². The molecule has 1 aliphatic heterocycles. The third-order valence-electron chi connectivity index (χ3n) is 3.67. The summed E-state index contributed by atoms with van der Waals surface area (Å²) >= 11 is 1.21. The summed E-state index contributed by atoms with van der Waals surface area (Å²) in [7, 11) is -3.64. The van der Waals surface area contributed by atoms with Gasteiger partial charge in [0.05, 0.1) is 4.90 Å². The molecule has 0 atom stereocenters. The van der Waals surface area contributed by atoms with Gasteiger partial charge in [-0.1, -0.05) is 0 Å². The molecule has 128 valence electrons. The van der Waals surface area contributed by atoms with Crippen LogP contribution in [0.25, 0.3) is 0 Å². The summed E-state index contributed by atoms with van der Waals surface area (Å²) in [5, 5.41) is 13.0. The smallest absolute Gasteiger partial charge is 0.404 e. The summed E-state index contributed by atoms with van der Waals surface area (Å²) in [5.74, 6) is 0.274. The van der Waals surface area contributed by atoms with Crippen molar-refractivity contribution >= 4 is 38.3 Å². The highest BCUT2D eigenvalue weighted by Gasteiger charge is 2.27. The monoisotopic (exact) mass is 368 g/mol. The number of nitrogens with zero attached hydrogens (tertiary/aromatic N) is 2. The Labute approximate surface area is 143 Å². The van der Waals surface area contributed by atoms with E-state index in [1.54, 1.807) is 29.6 Å². The quantitative estimate of drug-likeness (QED) is 0.715. The molecular weight excluding hydrogens is 352 g/mol. The lowest BCUT2D eigenvalue weighted by atomic mass is 9.99. The molecule has 0 unspecified atom stereocenters. The Hall–Kier alpha value is -2.33. The Morgan fingerprint density at radius 3 is 2.62 bits per heavy atom.